The lowest BCUT2D eigenvalue weighted by Gasteiger charge is -2.21. The average Bonchev–Trinajstić information content (AvgIpc) is 2.98. The number of sulfonamides is 1. The van der Waals surface area contributed by atoms with Crippen LogP contribution >= 0.6 is 11.6 Å². The highest BCUT2D eigenvalue weighted by atomic mass is 35.5. The number of fused-ring (bicyclic) bond motifs is 1. The van der Waals surface area contributed by atoms with Crippen molar-refractivity contribution in [2.24, 2.45) is 5.92 Å². The quantitative estimate of drug-likeness (QED) is 0.487. The van der Waals surface area contributed by atoms with Crippen molar-refractivity contribution in [2.75, 3.05) is 5.32 Å². The Labute approximate surface area is 166 Å². The van der Waals surface area contributed by atoms with E-state index in [0.29, 0.717) is 16.7 Å². The molecular weight excluding hydrogens is 404 g/mol. The van der Waals surface area contributed by atoms with Crippen LogP contribution in [-0.2, 0) is 14.8 Å². The van der Waals surface area contributed by atoms with Gasteiger partial charge in [0.1, 0.15) is 6.04 Å². The summed E-state index contributed by atoms with van der Waals surface area (Å²) in [4.78, 5) is 29.3. The summed E-state index contributed by atoms with van der Waals surface area (Å²) in [5, 5.41) is 2.96. The van der Waals surface area contributed by atoms with E-state index in [1.54, 1.807) is 38.1 Å². The standard InChI is InChI=1S/C18H19ClN4O4S/c1-10(2)16(23-28(26,27)13-5-3-4-11(19)8-13)17(24)20-12-6-7-14-15(9-12)22-18(25)21-14/h3-10,16,23H,1-2H3,(H,20,24)(H2,21,22,25). The van der Waals surface area contributed by atoms with E-state index >= 15 is 0 Å². The van der Waals surface area contributed by atoms with E-state index in [0.717, 1.165) is 0 Å². The molecule has 8 nitrogen and oxygen atoms in total. The largest absolute Gasteiger partial charge is 0.325 e. The van der Waals surface area contributed by atoms with Gasteiger partial charge in [0.15, 0.2) is 0 Å². The Morgan fingerprint density at radius 2 is 1.79 bits per heavy atom. The van der Waals surface area contributed by atoms with Crippen LogP contribution in [0.15, 0.2) is 52.2 Å². The number of rotatable bonds is 6. The summed E-state index contributed by atoms with van der Waals surface area (Å²) in [6, 6.07) is 9.65. The van der Waals surface area contributed by atoms with Crippen LogP contribution in [0.5, 0.6) is 0 Å². The summed E-state index contributed by atoms with van der Waals surface area (Å²) in [7, 11) is -3.94. The van der Waals surface area contributed by atoms with Gasteiger partial charge in [0.05, 0.1) is 15.9 Å². The fourth-order valence-corrected chi connectivity index (χ4v) is 4.34. The van der Waals surface area contributed by atoms with Crippen LogP contribution in [0.2, 0.25) is 5.02 Å². The third-order valence-electron chi connectivity index (χ3n) is 4.12. The second-order valence-corrected chi connectivity index (χ2v) is 8.78. The van der Waals surface area contributed by atoms with Crippen LogP contribution in [0.3, 0.4) is 0 Å². The predicted octanol–water partition coefficient (Wildman–Crippen LogP) is 2.45. The Hall–Kier alpha value is -2.62. The average molecular weight is 423 g/mol. The van der Waals surface area contributed by atoms with E-state index in [1.807, 2.05) is 0 Å². The van der Waals surface area contributed by atoms with Crippen molar-refractivity contribution >= 4 is 44.3 Å². The first kappa shape index (κ1) is 20.1. The van der Waals surface area contributed by atoms with E-state index < -0.39 is 22.0 Å². The van der Waals surface area contributed by atoms with Gasteiger partial charge in [0.25, 0.3) is 0 Å². The van der Waals surface area contributed by atoms with Crippen LogP contribution in [0.4, 0.5) is 5.69 Å². The zero-order chi connectivity index (χ0) is 20.5. The molecule has 4 N–H and O–H groups in total. The van der Waals surface area contributed by atoms with Crippen molar-refractivity contribution in [3.05, 3.63) is 58.0 Å². The molecule has 28 heavy (non-hydrogen) atoms. The molecule has 0 saturated carbocycles. The normalized spacial score (nSPS) is 13.0. The summed E-state index contributed by atoms with van der Waals surface area (Å²) < 4.78 is 27.7. The lowest BCUT2D eigenvalue weighted by molar-refractivity contribution is -0.118. The van der Waals surface area contributed by atoms with Gasteiger partial charge < -0.3 is 15.3 Å². The van der Waals surface area contributed by atoms with Crippen LogP contribution in [-0.4, -0.2) is 30.3 Å². The summed E-state index contributed by atoms with van der Waals surface area (Å²) in [5.74, 6) is -0.831. The predicted molar refractivity (Wildman–Crippen MR) is 108 cm³/mol. The van der Waals surface area contributed by atoms with Crippen LogP contribution < -0.4 is 15.7 Å². The molecule has 1 unspecified atom stereocenters. The number of aromatic amines is 2. The SMILES string of the molecule is CC(C)C(NS(=O)(=O)c1cccc(Cl)c1)C(=O)Nc1ccc2[nH]c(=O)[nH]c2c1. The Morgan fingerprint density at radius 3 is 2.46 bits per heavy atom. The minimum absolute atomic E-state index is 0.0234. The molecule has 0 radical (unpaired) electrons. The van der Waals surface area contributed by atoms with E-state index in [2.05, 4.69) is 20.0 Å². The fourth-order valence-electron chi connectivity index (χ4n) is 2.69. The number of amides is 1. The number of benzene rings is 2. The lowest BCUT2D eigenvalue weighted by atomic mass is 10.0. The molecule has 0 aliphatic rings. The fraction of sp³-hybridized carbons (Fsp3) is 0.222. The molecule has 0 spiro atoms. The summed E-state index contributed by atoms with van der Waals surface area (Å²) in [5.41, 5.74) is 1.21. The van der Waals surface area contributed by atoms with Crippen molar-refractivity contribution in [1.29, 1.82) is 0 Å². The molecule has 1 amide bonds. The van der Waals surface area contributed by atoms with Crippen molar-refractivity contribution in [2.45, 2.75) is 24.8 Å². The summed E-state index contributed by atoms with van der Waals surface area (Å²) >= 11 is 5.87. The van der Waals surface area contributed by atoms with Gasteiger partial charge in [-0.05, 0) is 42.3 Å². The molecule has 1 heterocycles. The third-order valence-corrected chi connectivity index (χ3v) is 5.80. The first-order valence-electron chi connectivity index (χ1n) is 8.46. The molecule has 148 valence electrons. The van der Waals surface area contributed by atoms with Gasteiger partial charge in [-0.25, -0.2) is 13.2 Å². The van der Waals surface area contributed by atoms with Crippen molar-refractivity contribution in [3.63, 3.8) is 0 Å². The van der Waals surface area contributed by atoms with Crippen LogP contribution in [0.1, 0.15) is 13.8 Å². The Morgan fingerprint density at radius 1 is 1.07 bits per heavy atom. The van der Waals surface area contributed by atoms with E-state index in [1.165, 1.54) is 18.2 Å². The minimum atomic E-state index is -3.94. The van der Waals surface area contributed by atoms with Gasteiger partial charge in [-0.2, -0.15) is 4.72 Å². The maximum atomic E-state index is 12.7. The van der Waals surface area contributed by atoms with Crippen molar-refractivity contribution < 1.29 is 13.2 Å². The van der Waals surface area contributed by atoms with Gasteiger partial charge in [0, 0.05) is 10.7 Å². The maximum Gasteiger partial charge on any atom is 0.323 e. The number of carbonyl (C=O) groups excluding carboxylic acids is 1. The molecule has 3 rings (SSSR count). The molecule has 0 fully saturated rings. The Bertz CT molecular complexity index is 1180. The topological polar surface area (TPSA) is 124 Å². The highest BCUT2D eigenvalue weighted by Crippen LogP contribution is 2.19. The van der Waals surface area contributed by atoms with Gasteiger partial charge >= 0.3 is 5.69 Å². The molecule has 0 bridgehead atoms. The Kier molecular flexibility index (Phi) is 5.59. The van der Waals surface area contributed by atoms with E-state index in [9.17, 15) is 18.0 Å². The molecule has 2 aromatic carbocycles. The van der Waals surface area contributed by atoms with E-state index in [4.69, 9.17) is 11.6 Å². The smallest absolute Gasteiger partial charge is 0.323 e. The molecule has 0 saturated heterocycles. The van der Waals surface area contributed by atoms with Gasteiger partial charge in [-0.1, -0.05) is 31.5 Å². The van der Waals surface area contributed by atoms with Crippen LogP contribution in [0, 0.1) is 5.92 Å². The number of hydrogen-bond acceptors (Lipinski definition) is 4. The first-order valence-corrected chi connectivity index (χ1v) is 10.3. The number of hydrogen-bond donors (Lipinski definition) is 4. The van der Waals surface area contributed by atoms with Gasteiger partial charge in [-0.15, -0.1) is 0 Å². The first-order chi connectivity index (χ1) is 13.2. The monoisotopic (exact) mass is 422 g/mol. The molecule has 1 atom stereocenters. The number of H-pyrrole nitrogens is 2. The summed E-state index contributed by atoms with van der Waals surface area (Å²) in [6.07, 6.45) is 0. The Balaban J connectivity index is 1.82. The van der Waals surface area contributed by atoms with Crippen LogP contribution in [0.25, 0.3) is 11.0 Å². The molecule has 1 aromatic heterocycles. The summed E-state index contributed by atoms with van der Waals surface area (Å²) in [6.45, 7) is 3.47. The molecule has 0 aliphatic heterocycles. The van der Waals surface area contributed by atoms with Crippen molar-refractivity contribution in [1.82, 2.24) is 14.7 Å². The van der Waals surface area contributed by atoms with Crippen molar-refractivity contribution in [3.8, 4) is 0 Å². The lowest BCUT2D eigenvalue weighted by Crippen LogP contribution is -2.47. The van der Waals surface area contributed by atoms with Gasteiger partial charge in [0.2, 0.25) is 15.9 Å². The third kappa shape index (κ3) is 4.44. The molecule has 3 aromatic rings. The number of halogens is 1. The molecule has 0 aliphatic carbocycles. The number of nitrogens with one attached hydrogen (secondary N) is 4. The highest BCUT2D eigenvalue weighted by molar-refractivity contribution is 7.89. The number of anilines is 1. The number of carbonyl (C=O) groups is 1. The second kappa shape index (κ2) is 7.78. The number of imidazole rings is 1. The van der Waals surface area contributed by atoms with E-state index in [-0.39, 0.29) is 21.5 Å². The molecular formula is C18H19ClN4O4S. The van der Waals surface area contributed by atoms with Gasteiger partial charge in [-0.3, -0.25) is 4.79 Å². The second-order valence-electron chi connectivity index (χ2n) is 6.63. The molecule has 10 heteroatoms. The zero-order valence-corrected chi connectivity index (χ0v) is 16.7. The zero-order valence-electron chi connectivity index (χ0n) is 15.1. The highest BCUT2D eigenvalue weighted by Gasteiger charge is 2.28. The maximum absolute atomic E-state index is 12.7. The number of aromatic nitrogens is 2. The minimum Gasteiger partial charge on any atom is -0.325 e.